The molecule has 0 atom stereocenters. The van der Waals surface area contributed by atoms with Crippen LogP contribution in [0.15, 0.2) is 12.7 Å². The summed E-state index contributed by atoms with van der Waals surface area (Å²) in [6, 6.07) is 0. The van der Waals surface area contributed by atoms with Crippen LogP contribution in [-0.4, -0.2) is 23.0 Å². The van der Waals surface area contributed by atoms with E-state index in [2.05, 4.69) is 11.3 Å². The molecular weight excluding hydrogens is 164 g/mol. The molecule has 0 rings (SSSR count). The molecule has 0 aromatic rings. The highest BCUT2D eigenvalue weighted by atomic mass is 16.6. The van der Waals surface area contributed by atoms with E-state index in [0.717, 1.165) is 6.08 Å². The molecule has 0 saturated heterocycles. The molecule has 0 fully saturated rings. The van der Waals surface area contributed by atoms with E-state index >= 15 is 0 Å². The first-order valence-electron chi connectivity index (χ1n) is 3.15. The van der Waals surface area contributed by atoms with E-state index in [4.69, 9.17) is 5.11 Å². The molecule has 0 aliphatic heterocycles. The van der Waals surface area contributed by atoms with Gasteiger partial charge in [-0.05, 0) is 0 Å². The minimum Gasteiger partial charge on any atom is -0.481 e. The van der Waals surface area contributed by atoms with Crippen LogP contribution in [0.25, 0.3) is 0 Å². The van der Waals surface area contributed by atoms with Crippen molar-refractivity contribution in [1.82, 2.24) is 0 Å². The number of hydrogen-bond acceptors (Lipinski definition) is 4. The van der Waals surface area contributed by atoms with Crippen LogP contribution in [0.5, 0.6) is 0 Å². The second kappa shape index (κ2) is 5.06. The summed E-state index contributed by atoms with van der Waals surface area (Å²) >= 11 is 0. The summed E-state index contributed by atoms with van der Waals surface area (Å²) in [5.41, 5.74) is 0. The number of aliphatic carboxylic acids is 1. The molecule has 12 heavy (non-hydrogen) atoms. The molecule has 0 aromatic carbocycles. The third-order valence-corrected chi connectivity index (χ3v) is 0.924. The number of carbonyl (C=O) groups is 3. The van der Waals surface area contributed by atoms with E-state index in [1.165, 1.54) is 0 Å². The minimum absolute atomic E-state index is 0.311. The molecule has 0 bridgehead atoms. The smallest absolute Gasteiger partial charge is 0.337 e. The summed E-state index contributed by atoms with van der Waals surface area (Å²) in [6.07, 6.45) is 0.177. The summed E-state index contributed by atoms with van der Waals surface area (Å²) in [5.74, 6) is -2.84. The molecule has 0 unspecified atom stereocenters. The number of ether oxygens (including phenoxy) is 1. The Morgan fingerprint density at radius 2 is 1.92 bits per heavy atom. The van der Waals surface area contributed by atoms with Crippen molar-refractivity contribution in [1.29, 1.82) is 0 Å². The molecule has 0 radical (unpaired) electrons. The highest BCUT2D eigenvalue weighted by Crippen LogP contribution is 1.93. The van der Waals surface area contributed by atoms with Gasteiger partial charge in [-0.15, -0.1) is 0 Å². The highest BCUT2D eigenvalue weighted by Gasteiger charge is 2.08. The molecular formula is C7H8O5. The lowest BCUT2D eigenvalue weighted by Crippen LogP contribution is -2.11. The normalized spacial score (nSPS) is 8.67. The fourth-order valence-corrected chi connectivity index (χ4v) is 0.414. The van der Waals surface area contributed by atoms with Gasteiger partial charge < -0.3 is 9.84 Å². The van der Waals surface area contributed by atoms with Crippen LogP contribution in [0, 0.1) is 0 Å². The standard InChI is InChI=1S/C7H8O5/c1-2-6(10)12-7(11)4-3-5(8)9/h2H,1,3-4H2,(H,8,9). The maximum atomic E-state index is 10.6. The third kappa shape index (κ3) is 5.16. The second-order valence-electron chi connectivity index (χ2n) is 1.89. The Hall–Kier alpha value is -1.65. The quantitative estimate of drug-likeness (QED) is 0.369. The third-order valence-electron chi connectivity index (χ3n) is 0.924. The fraction of sp³-hybridized carbons (Fsp3) is 0.286. The molecule has 0 aliphatic carbocycles. The van der Waals surface area contributed by atoms with Gasteiger partial charge in [0.05, 0.1) is 12.8 Å². The van der Waals surface area contributed by atoms with Gasteiger partial charge in [-0.1, -0.05) is 6.58 Å². The molecule has 1 N–H and O–H groups in total. The van der Waals surface area contributed by atoms with Crippen molar-refractivity contribution in [3.8, 4) is 0 Å². The number of carbonyl (C=O) groups excluding carboxylic acids is 2. The summed E-state index contributed by atoms with van der Waals surface area (Å²) in [7, 11) is 0. The monoisotopic (exact) mass is 172 g/mol. The van der Waals surface area contributed by atoms with Gasteiger partial charge in [0, 0.05) is 6.08 Å². The van der Waals surface area contributed by atoms with Gasteiger partial charge in [-0.2, -0.15) is 0 Å². The molecule has 0 saturated carbocycles. The molecule has 5 heteroatoms. The first-order valence-corrected chi connectivity index (χ1v) is 3.15. The maximum absolute atomic E-state index is 10.6. The van der Waals surface area contributed by atoms with E-state index in [0.29, 0.717) is 0 Å². The summed E-state index contributed by atoms with van der Waals surface area (Å²) in [6.45, 7) is 3.07. The van der Waals surface area contributed by atoms with Crippen LogP contribution in [0.3, 0.4) is 0 Å². The van der Waals surface area contributed by atoms with Crippen LogP contribution in [0.2, 0.25) is 0 Å². The van der Waals surface area contributed by atoms with Crippen molar-refractivity contribution in [3.63, 3.8) is 0 Å². The number of carboxylic acid groups (broad SMARTS) is 1. The lowest BCUT2D eigenvalue weighted by Gasteiger charge is -1.96. The summed E-state index contributed by atoms with van der Waals surface area (Å²) in [5, 5.41) is 8.14. The van der Waals surface area contributed by atoms with Gasteiger partial charge in [0.25, 0.3) is 0 Å². The van der Waals surface area contributed by atoms with E-state index < -0.39 is 17.9 Å². The van der Waals surface area contributed by atoms with Crippen molar-refractivity contribution in [2.75, 3.05) is 0 Å². The zero-order chi connectivity index (χ0) is 9.56. The molecule has 0 spiro atoms. The number of rotatable bonds is 4. The SMILES string of the molecule is C=CC(=O)OC(=O)CCC(=O)O. The Labute approximate surface area is 68.6 Å². The van der Waals surface area contributed by atoms with Gasteiger partial charge >= 0.3 is 17.9 Å². The zero-order valence-corrected chi connectivity index (χ0v) is 6.28. The molecule has 5 nitrogen and oxygen atoms in total. The zero-order valence-electron chi connectivity index (χ0n) is 6.28. The number of esters is 2. The first-order chi connectivity index (χ1) is 5.56. The number of hydrogen-bond donors (Lipinski definition) is 1. The largest absolute Gasteiger partial charge is 0.481 e. The predicted molar refractivity (Wildman–Crippen MR) is 38.2 cm³/mol. The fourth-order valence-electron chi connectivity index (χ4n) is 0.414. The second-order valence-corrected chi connectivity index (χ2v) is 1.89. The summed E-state index contributed by atoms with van der Waals surface area (Å²) < 4.78 is 4.09. The van der Waals surface area contributed by atoms with E-state index in [-0.39, 0.29) is 12.8 Å². The van der Waals surface area contributed by atoms with Crippen LogP contribution in [0.4, 0.5) is 0 Å². The van der Waals surface area contributed by atoms with Gasteiger partial charge in [-0.25, -0.2) is 4.79 Å². The molecule has 66 valence electrons. The van der Waals surface area contributed by atoms with Gasteiger partial charge in [-0.3, -0.25) is 9.59 Å². The van der Waals surface area contributed by atoms with Crippen LogP contribution in [0.1, 0.15) is 12.8 Å². The van der Waals surface area contributed by atoms with Crippen LogP contribution in [-0.2, 0) is 19.1 Å². The Morgan fingerprint density at radius 1 is 1.33 bits per heavy atom. The van der Waals surface area contributed by atoms with Gasteiger partial charge in [0.2, 0.25) is 0 Å². The van der Waals surface area contributed by atoms with Crippen molar-refractivity contribution < 1.29 is 24.2 Å². The Bertz CT molecular complexity index is 218. The summed E-state index contributed by atoms with van der Waals surface area (Å²) in [4.78, 5) is 30.9. The lowest BCUT2D eigenvalue weighted by atomic mass is 10.3. The molecule has 0 aliphatic rings. The van der Waals surface area contributed by atoms with Crippen LogP contribution < -0.4 is 0 Å². The Kier molecular flexibility index (Phi) is 4.36. The number of carboxylic acids is 1. The molecule has 0 heterocycles. The highest BCUT2D eigenvalue weighted by molar-refractivity contribution is 5.92. The molecule has 0 amide bonds. The minimum atomic E-state index is -1.11. The average molecular weight is 172 g/mol. The lowest BCUT2D eigenvalue weighted by molar-refractivity contribution is -0.157. The van der Waals surface area contributed by atoms with Gasteiger partial charge in [0.15, 0.2) is 0 Å². The van der Waals surface area contributed by atoms with E-state index in [9.17, 15) is 14.4 Å². The topological polar surface area (TPSA) is 80.7 Å². The van der Waals surface area contributed by atoms with E-state index in [1.54, 1.807) is 0 Å². The van der Waals surface area contributed by atoms with Crippen molar-refractivity contribution in [3.05, 3.63) is 12.7 Å². The van der Waals surface area contributed by atoms with Crippen molar-refractivity contribution >= 4 is 17.9 Å². The predicted octanol–water partition coefficient (Wildman–Crippen LogP) is 0.107. The average Bonchev–Trinajstić information content (AvgIpc) is 2.00. The maximum Gasteiger partial charge on any atom is 0.337 e. The first kappa shape index (κ1) is 10.3. The Balaban J connectivity index is 3.67. The molecule has 0 aromatic heterocycles. The van der Waals surface area contributed by atoms with Gasteiger partial charge in [0.1, 0.15) is 0 Å². The van der Waals surface area contributed by atoms with Crippen molar-refractivity contribution in [2.24, 2.45) is 0 Å². The van der Waals surface area contributed by atoms with E-state index in [1.807, 2.05) is 0 Å². The van der Waals surface area contributed by atoms with Crippen LogP contribution >= 0.6 is 0 Å². The Morgan fingerprint density at radius 3 is 2.33 bits per heavy atom. The van der Waals surface area contributed by atoms with Crippen molar-refractivity contribution in [2.45, 2.75) is 12.8 Å².